The predicted octanol–water partition coefficient (Wildman–Crippen LogP) is 4.09. The van der Waals surface area contributed by atoms with Crippen molar-refractivity contribution in [3.05, 3.63) is 29.3 Å². The van der Waals surface area contributed by atoms with Crippen molar-refractivity contribution < 1.29 is 13.2 Å². The van der Waals surface area contributed by atoms with Crippen LogP contribution in [0, 0.1) is 6.92 Å². The van der Waals surface area contributed by atoms with E-state index in [1.165, 1.54) is 0 Å². The lowest BCUT2D eigenvalue weighted by atomic mass is 10.0. The molecule has 0 fully saturated rings. The number of alkyl halides is 3. The van der Waals surface area contributed by atoms with E-state index in [4.69, 9.17) is 0 Å². The normalized spacial score (nSPS) is 11.9. The number of aryl methyl sites for hydroxylation is 1. The number of hydrogen-bond donors (Lipinski definition) is 1. The fourth-order valence-corrected chi connectivity index (χ4v) is 1.38. The van der Waals surface area contributed by atoms with Gasteiger partial charge in [-0.25, -0.2) is 0 Å². The Bertz CT molecular complexity index is 356. The van der Waals surface area contributed by atoms with Gasteiger partial charge in [-0.05, 0) is 30.0 Å². The first-order valence-electron chi connectivity index (χ1n) is 5.21. The number of anilines is 1. The van der Waals surface area contributed by atoms with Crippen molar-refractivity contribution in [2.75, 3.05) is 11.9 Å². The zero-order chi connectivity index (χ0) is 12.3. The average Bonchev–Trinajstić information content (AvgIpc) is 2.14. The Morgan fingerprint density at radius 2 is 1.88 bits per heavy atom. The molecule has 1 nitrogen and oxygen atoms in total. The molecule has 1 aromatic carbocycles. The van der Waals surface area contributed by atoms with E-state index in [1.807, 2.05) is 26.0 Å². The van der Waals surface area contributed by atoms with Crippen LogP contribution >= 0.6 is 0 Å². The van der Waals surface area contributed by atoms with Crippen molar-refractivity contribution in [3.63, 3.8) is 0 Å². The Morgan fingerprint density at radius 1 is 1.25 bits per heavy atom. The summed E-state index contributed by atoms with van der Waals surface area (Å²) in [5.74, 6) is 0.312. The highest BCUT2D eigenvalue weighted by Gasteiger charge is 2.26. The maximum absolute atomic E-state index is 12.1. The standard InChI is InChI=1S/C12H16F3N/c1-8(2)10-5-4-9(3)11(6-10)16-7-12(13,14)15/h4-6,8,16H,7H2,1-3H3. The zero-order valence-corrected chi connectivity index (χ0v) is 9.65. The molecule has 90 valence electrons. The molecule has 1 aromatic rings. The van der Waals surface area contributed by atoms with Gasteiger partial charge >= 0.3 is 6.18 Å². The van der Waals surface area contributed by atoms with Crippen molar-refractivity contribution in [1.82, 2.24) is 0 Å². The third-order valence-electron chi connectivity index (χ3n) is 2.41. The lowest BCUT2D eigenvalue weighted by Gasteiger charge is -2.14. The van der Waals surface area contributed by atoms with Crippen molar-refractivity contribution in [1.29, 1.82) is 0 Å². The topological polar surface area (TPSA) is 12.0 Å². The molecule has 0 amide bonds. The summed E-state index contributed by atoms with van der Waals surface area (Å²) in [5.41, 5.74) is 2.42. The van der Waals surface area contributed by atoms with Gasteiger partial charge in [0, 0.05) is 5.69 Å². The molecule has 0 aliphatic carbocycles. The maximum atomic E-state index is 12.1. The molecule has 0 aliphatic rings. The first-order valence-corrected chi connectivity index (χ1v) is 5.21. The number of rotatable bonds is 3. The van der Waals surface area contributed by atoms with Gasteiger partial charge in [0.1, 0.15) is 6.54 Å². The minimum atomic E-state index is -4.18. The third kappa shape index (κ3) is 3.76. The molecule has 0 atom stereocenters. The summed E-state index contributed by atoms with van der Waals surface area (Å²) >= 11 is 0. The minimum Gasteiger partial charge on any atom is -0.376 e. The van der Waals surface area contributed by atoms with Crippen molar-refractivity contribution in [2.45, 2.75) is 32.9 Å². The van der Waals surface area contributed by atoms with Gasteiger partial charge in [0.25, 0.3) is 0 Å². The number of hydrogen-bond acceptors (Lipinski definition) is 1. The number of benzene rings is 1. The summed E-state index contributed by atoms with van der Waals surface area (Å²) in [4.78, 5) is 0. The molecule has 0 radical (unpaired) electrons. The second kappa shape index (κ2) is 4.76. The minimum absolute atomic E-state index is 0.312. The van der Waals surface area contributed by atoms with Gasteiger partial charge in [-0.15, -0.1) is 0 Å². The van der Waals surface area contributed by atoms with Crippen LogP contribution in [0.25, 0.3) is 0 Å². The molecule has 0 saturated heterocycles. The molecule has 0 heterocycles. The van der Waals surface area contributed by atoms with Crippen LogP contribution in [-0.2, 0) is 0 Å². The Balaban J connectivity index is 2.82. The van der Waals surface area contributed by atoms with Crippen LogP contribution in [0.2, 0.25) is 0 Å². The van der Waals surface area contributed by atoms with Crippen LogP contribution in [0.1, 0.15) is 30.9 Å². The van der Waals surface area contributed by atoms with Crippen molar-refractivity contribution in [3.8, 4) is 0 Å². The molecule has 16 heavy (non-hydrogen) atoms. The molecule has 0 saturated carbocycles. The van der Waals surface area contributed by atoms with Gasteiger partial charge in [0.05, 0.1) is 0 Å². The second-order valence-corrected chi connectivity index (χ2v) is 4.20. The molecule has 0 aliphatic heterocycles. The zero-order valence-electron chi connectivity index (χ0n) is 9.65. The van der Waals surface area contributed by atoms with Gasteiger partial charge in [-0.2, -0.15) is 13.2 Å². The van der Waals surface area contributed by atoms with E-state index in [-0.39, 0.29) is 0 Å². The van der Waals surface area contributed by atoms with Crippen LogP contribution < -0.4 is 5.32 Å². The molecular formula is C12H16F3N. The molecule has 0 bridgehead atoms. The van der Waals surface area contributed by atoms with Crippen LogP contribution in [-0.4, -0.2) is 12.7 Å². The first-order chi connectivity index (χ1) is 7.29. The van der Waals surface area contributed by atoms with Crippen LogP contribution in [0.5, 0.6) is 0 Å². The molecular weight excluding hydrogens is 215 g/mol. The summed E-state index contributed by atoms with van der Waals surface area (Å²) in [6.45, 7) is 4.83. The summed E-state index contributed by atoms with van der Waals surface area (Å²) in [6, 6.07) is 5.57. The summed E-state index contributed by atoms with van der Waals surface area (Å²) < 4.78 is 36.2. The van der Waals surface area contributed by atoms with Gasteiger partial charge in [0.15, 0.2) is 0 Å². The van der Waals surface area contributed by atoms with Crippen LogP contribution in [0.15, 0.2) is 18.2 Å². The summed E-state index contributed by atoms with van der Waals surface area (Å²) in [6.07, 6.45) is -4.18. The fourth-order valence-electron chi connectivity index (χ4n) is 1.38. The van der Waals surface area contributed by atoms with E-state index < -0.39 is 12.7 Å². The molecule has 0 aromatic heterocycles. The monoisotopic (exact) mass is 231 g/mol. The van der Waals surface area contributed by atoms with Crippen molar-refractivity contribution in [2.24, 2.45) is 0 Å². The van der Waals surface area contributed by atoms with Gasteiger partial charge < -0.3 is 5.32 Å². The van der Waals surface area contributed by atoms with Gasteiger partial charge in [-0.1, -0.05) is 26.0 Å². The fraction of sp³-hybridized carbons (Fsp3) is 0.500. The van der Waals surface area contributed by atoms with E-state index in [0.717, 1.165) is 11.1 Å². The smallest absolute Gasteiger partial charge is 0.376 e. The summed E-state index contributed by atoms with van der Waals surface area (Å²) in [5, 5.41) is 2.42. The highest BCUT2D eigenvalue weighted by atomic mass is 19.4. The Hall–Kier alpha value is -1.19. The Morgan fingerprint density at radius 3 is 2.38 bits per heavy atom. The first kappa shape index (κ1) is 12.9. The predicted molar refractivity (Wildman–Crippen MR) is 59.8 cm³/mol. The second-order valence-electron chi connectivity index (χ2n) is 4.20. The van der Waals surface area contributed by atoms with E-state index in [2.05, 4.69) is 5.32 Å². The van der Waals surface area contributed by atoms with Gasteiger partial charge in [-0.3, -0.25) is 0 Å². The highest BCUT2D eigenvalue weighted by Crippen LogP contribution is 2.24. The molecule has 1 rings (SSSR count). The Kier molecular flexibility index (Phi) is 3.83. The van der Waals surface area contributed by atoms with Gasteiger partial charge in [0.2, 0.25) is 0 Å². The van der Waals surface area contributed by atoms with E-state index in [1.54, 1.807) is 13.0 Å². The Labute approximate surface area is 93.7 Å². The van der Waals surface area contributed by atoms with Crippen molar-refractivity contribution >= 4 is 5.69 Å². The number of halogens is 3. The van der Waals surface area contributed by atoms with E-state index in [0.29, 0.717) is 11.6 Å². The number of nitrogens with one attached hydrogen (secondary N) is 1. The molecule has 1 N–H and O–H groups in total. The molecule has 0 spiro atoms. The lowest BCUT2D eigenvalue weighted by Crippen LogP contribution is -2.21. The lowest BCUT2D eigenvalue weighted by molar-refractivity contribution is -0.115. The maximum Gasteiger partial charge on any atom is 0.405 e. The average molecular weight is 231 g/mol. The highest BCUT2D eigenvalue weighted by molar-refractivity contribution is 5.53. The molecule has 4 heteroatoms. The third-order valence-corrected chi connectivity index (χ3v) is 2.41. The molecule has 0 unspecified atom stereocenters. The summed E-state index contributed by atoms with van der Waals surface area (Å²) in [7, 11) is 0. The van der Waals surface area contributed by atoms with Crippen LogP contribution in [0.4, 0.5) is 18.9 Å². The van der Waals surface area contributed by atoms with Crippen LogP contribution in [0.3, 0.4) is 0 Å². The SMILES string of the molecule is Cc1ccc(C(C)C)cc1NCC(F)(F)F. The van der Waals surface area contributed by atoms with E-state index in [9.17, 15) is 13.2 Å². The van der Waals surface area contributed by atoms with E-state index >= 15 is 0 Å². The quantitative estimate of drug-likeness (QED) is 0.826. The largest absolute Gasteiger partial charge is 0.405 e.